The summed E-state index contributed by atoms with van der Waals surface area (Å²) in [6.07, 6.45) is 4.93. The number of rotatable bonds is 0. The van der Waals surface area contributed by atoms with Gasteiger partial charge in [0.2, 0.25) is 0 Å². The van der Waals surface area contributed by atoms with E-state index in [1.807, 2.05) is 0 Å². The minimum Gasteiger partial charge on any atom is -0.382 e. The maximum atomic E-state index is 5.75. The molecule has 0 saturated carbocycles. The summed E-state index contributed by atoms with van der Waals surface area (Å²) in [5.74, 6) is 0.406. The second-order valence-electron chi connectivity index (χ2n) is 2.10. The van der Waals surface area contributed by atoms with Crippen LogP contribution in [0.4, 0.5) is 5.82 Å². The van der Waals surface area contributed by atoms with Gasteiger partial charge < -0.3 is 10.1 Å². The van der Waals surface area contributed by atoms with Crippen LogP contribution in [0.2, 0.25) is 5.15 Å². The Kier molecular flexibility index (Phi) is 1.22. The Hall–Kier alpha value is -1.29. The molecule has 4 nitrogen and oxygen atoms in total. The molecule has 2 aromatic rings. The van der Waals surface area contributed by atoms with Gasteiger partial charge in [-0.15, -0.1) is 0 Å². The Morgan fingerprint density at radius 2 is 2.27 bits per heavy atom. The first-order chi connectivity index (χ1) is 5.29. The van der Waals surface area contributed by atoms with Gasteiger partial charge in [0.25, 0.3) is 0 Å². The SMILES string of the molecule is Nc1ncn2ccnc(Cl)c12. The summed E-state index contributed by atoms with van der Waals surface area (Å²) in [6.45, 7) is 0. The number of nitrogen functional groups attached to an aromatic ring is 1. The highest BCUT2D eigenvalue weighted by Crippen LogP contribution is 2.18. The molecule has 2 rings (SSSR count). The largest absolute Gasteiger partial charge is 0.382 e. The fraction of sp³-hybridized carbons (Fsp3) is 0. The molecule has 2 N–H and O–H groups in total. The summed E-state index contributed by atoms with van der Waals surface area (Å²) in [6, 6.07) is 0. The number of nitrogens with zero attached hydrogens (tertiary/aromatic N) is 3. The van der Waals surface area contributed by atoms with E-state index < -0.39 is 0 Å². The average molecular weight is 169 g/mol. The van der Waals surface area contributed by atoms with Gasteiger partial charge in [-0.3, -0.25) is 0 Å². The highest BCUT2D eigenvalue weighted by Gasteiger charge is 2.03. The van der Waals surface area contributed by atoms with Crippen LogP contribution in [0.15, 0.2) is 18.7 Å². The fourth-order valence-corrected chi connectivity index (χ4v) is 1.18. The molecule has 56 valence electrons. The average Bonchev–Trinajstić information content (AvgIpc) is 2.34. The number of halogens is 1. The Bertz CT molecular complexity index is 394. The summed E-state index contributed by atoms with van der Waals surface area (Å²) in [7, 11) is 0. The minimum atomic E-state index is 0.377. The summed E-state index contributed by atoms with van der Waals surface area (Å²) < 4.78 is 1.73. The summed E-state index contributed by atoms with van der Waals surface area (Å²) in [5.41, 5.74) is 6.18. The maximum absolute atomic E-state index is 5.75. The molecule has 0 radical (unpaired) electrons. The monoisotopic (exact) mass is 168 g/mol. The lowest BCUT2D eigenvalue weighted by Crippen LogP contribution is -1.88. The molecule has 0 unspecified atom stereocenters. The minimum absolute atomic E-state index is 0.377. The first kappa shape index (κ1) is 6.42. The van der Waals surface area contributed by atoms with Gasteiger partial charge in [0.1, 0.15) is 11.8 Å². The van der Waals surface area contributed by atoms with Gasteiger partial charge in [-0.05, 0) is 0 Å². The Labute approximate surface area is 67.6 Å². The van der Waals surface area contributed by atoms with Gasteiger partial charge in [0, 0.05) is 12.4 Å². The van der Waals surface area contributed by atoms with E-state index in [0.717, 1.165) is 0 Å². The van der Waals surface area contributed by atoms with E-state index >= 15 is 0 Å². The van der Waals surface area contributed by atoms with Crippen LogP contribution in [0.5, 0.6) is 0 Å². The van der Waals surface area contributed by atoms with Gasteiger partial charge in [-0.1, -0.05) is 11.6 Å². The van der Waals surface area contributed by atoms with E-state index in [9.17, 15) is 0 Å². The summed E-state index contributed by atoms with van der Waals surface area (Å²) in [4.78, 5) is 7.74. The zero-order valence-corrected chi connectivity index (χ0v) is 6.28. The first-order valence-electron chi connectivity index (χ1n) is 3.01. The Balaban J connectivity index is 2.96. The van der Waals surface area contributed by atoms with Crippen molar-refractivity contribution in [3.8, 4) is 0 Å². The zero-order valence-electron chi connectivity index (χ0n) is 5.53. The molecule has 0 bridgehead atoms. The topological polar surface area (TPSA) is 56.2 Å². The highest BCUT2D eigenvalue weighted by atomic mass is 35.5. The molecular formula is C6H5ClN4. The van der Waals surface area contributed by atoms with E-state index in [2.05, 4.69) is 9.97 Å². The molecule has 2 heterocycles. The van der Waals surface area contributed by atoms with Crippen molar-refractivity contribution < 1.29 is 0 Å². The van der Waals surface area contributed by atoms with Crippen LogP contribution in [0.25, 0.3) is 5.52 Å². The molecule has 0 aliphatic rings. The van der Waals surface area contributed by atoms with Crippen molar-refractivity contribution in [1.29, 1.82) is 0 Å². The van der Waals surface area contributed by atoms with Crippen LogP contribution in [0, 0.1) is 0 Å². The van der Waals surface area contributed by atoms with E-state index in [1.54, 1.807) is 23.1 Å². The molecule has 0 atom stereocenters. The maximum Gasteiger partial charge on any atom is 0.156 e. The second-order valence-corrected chi connectivity index (χ2v) is 2.46. The Morgan fingerprint density at radius 1 is 1.45 bits per heavy atom. The van der Waals surface area contributed by atoms with Gasteiger partial charge in [-0.2, -0.15) is 0 Å². The van der Waals surface area contributed by atoms with Gasteiger partial charge in [-0.25, -0.2) is 9.97 Å². The molecule has 0 aliphatic carbocycles. The fourth-order valence-electron chi connectivity index (χ4n) is 0.933. The van der Waals surface area contributed by atoms with Gasteiger partial charge in [0.15, 0.2) is 11.0 Å². The van der Waals surface area contributed by atoms with Crippen LogP contribution >= 0.6 is 11.6 Å². The number of hydrogen-bond acceptors (Lipinski definition) is 3. The predicted octanol–water partition coefficient (Wildman–Crippen LogP) is 0.965. The van der Waals surface area contributed by atoms with Crippen molar-refractivity contribution in [1.82, 2.24) is 14.4 Å². The Morgan fingerprint density at radius 3 is 3.00 bits per heavy atom. The first-order valence-corrected chi connectivity index (χ1v) is 3.39. The number of anilines is 1. The molecule has 0 spiro atoms. The van der Waals surface area contributed by atoms with Crippen LogP contribution < -0.4 is 5.73 Å². The van der Waals surface area contributed by atoms with Crippen molar-refractivity contribution in [3.63, 3.8) is 0 Å². The van der Waals surface area contributed by atoms with E-state index in [1.165, 1.54) is 0 Å². The normalized spacial score (nSPS) is 10.6. The molecule has 0 amide bonds. The highest BCUT2D eigenvalue weighted by molar-refractivity contribution is 6.33. The second kappa shape index (κ2) is 2.10. The van der Waals surface area contributed by atoms with E-state index in [4.69, 9.17) is 17.3 Å². The van der Waals surface area contributed by atoms with Crippen LogP contribution in [-0.2, 0) is 0 Å². The third-order valence-corrected chi connectivity index (χ3v) is 1.71. The van der Waals surface area contributed by atoms with Crippen molar-refractivity contribution in [3.05, 3.63) is 23.9 Å². The third kappa shape index (κ3) is 0.832. The molecule has 0 saturated heterocycles. The number of fused-ring (bicyclic) bond motifs is 1. The van der Waals surface area contributed by atoms with Crippen LogP contribution in [0.1, 0.15) is 0 Å². The lowest BCUT2D eigenvalue weighted by molar-refractivity contribution is 1.12. The molecule has 0 aliphatic heterocycles. The quantitative estimate of drug-likeness (QED) is 0.638. The molecule has 0 fully saturated rings. The van der Waals surface area contributed by atoms with E-state index in [0.29, 0.717) is 16.5 Å². The summed E-state index contributed by atoms with van der Waals surface area (Å²) in [5, 5.41) is 0.377. The molecular weight excluding hydrogens is 164 g/mol. The van der Waals surface area contributed by atoms with Crippen LogP contribution in [-0.4, -0.2) is 14.4 Å². The van der Waals surface area contributed by atoms with Crippen molar-refractivity contribution >= 4 is 22.9 Å². The number of nitrogens with two attached hydrogens (primary N) is 1. The van der Waals surface area contributed by atoms with Crippen molar-refractivity contribution in [2.24, 2.45) is 0 Å². The number of imidazole rings is 1. The number of hydrogen-bond donors (Lipinski definition) is 1. The van der Waals surface area contributed by atoms with Crippen molar-refractivity contribution in [2.75, 3.05) is 5.73 Å². The molecule has 5 heteroatoms. The zero-order chi connectivity index (χ0) is 7.84. The standard InChI is InChI=1S/C6H5ClN4/c7-5-4-6(8)10-3-11(4)2-1-9-5/h1-3H,8H2. The van der Waals surface area contributed by atoms with Crippen molar-refractivity contribution in [2.45, 2.75) is 0 Å². The van der Waals surface area contributed by atoms with Crippen LogP contribution in [0.3, 0.4) is 0 Å². The number of aromatic nitrogens is 3. The third-order valence-electron chi connectivity index (χ3n) is 1.43. The molecule has 11 heavy (non-hydrogen) atoms. The predicted molar refractivity (Wildman–Crippen MR) is 42.4 cm³/mol. The lowest BCUT2D eigenvalue weighted by Gasteiger charge is -1.93. The van der Waals surface area contributed by atoms with E-state index in [-0.39, 0.29) is 0 Å². The van der Waals surface area contributed by atoms with Gasteiger partial charge >= 0.3 is 0 Å². The summed E-state index contributed by atoms with van der Waals surface area (Å²) >= 11 is 5.75. The van der Waals surface area contributed by atoms with Gasteiger partial charge in [0.05, 0.1) is 0 Å². The lowest BCUT2D eigenvalue weighted by atomic mass is 10.5. The smallest absolute Gasteiger partial charge is 0.156 e. The molecule has 2 aromatic heterocycles. The molecule has 0 aromatic carbocycles.